The lowest BCUT2D eigenvalue weighted by Gasteiger charge is -2.16. The van der Waals surface area contributed by atoms with E-state index in [0.29, 0.717) is 0 Å². The lowest BCUT2D eigenvalue weighted by Crippen LogP contribution is -3.11. The van der Waals surface area contributed by atoms with Gasteiger partial charge in [0, 0.05) is 0 Å². The zero-order chi connectivity index (χ0) is 10.8. The molecule has 0 bridgehead atoms. The first kappa shape index (κ1) is 16.2. The predicted molar refractivity (Wildman–Crippen MR) is 67.4 cm³/mol. The van der Waals surface area contributed by atoms with Crippen LogP contribution in [0.25, 0.3) is 0 Å². The van der Waals surface area contributed by atoms with Crippen molar-refractivity contribution in [3.05, 3.63) is 0 Å². The summed E-state index contributed by atoms with van der Waals surface area (Å²) in [7, 11) is 0. The Morgan fingerprint density at radius 1 is 0.750 bits per heavy atom. The van der Waals surface area contributed by atoms with E-state index in [9.17, 15) is 0 Å². The number of quaternary nitrogens is 1. The zero-order valence-electron chi connectivity index (χ0n) is 11.1. The summed E-state index contributed by atoms with van der Waals surface area (Å²) in [6.45, 7) is 6.65. The molecule has 2 heteroatoms. The van der Waals surface area contributed by atoms with E-state index in [4.69, 9.17) is 0 Å². The predicted octanol–water partition coefficient (Wildman–Crippen LogP) is -0.190. The second-order valence-electron chi connectivity index (χ2n) is 5.18. The van der Waals surface area contributed by atoms with E-state index in [2.05, 4.69) is 6.92 Å². The molecular formula is C14H30ClN. The molecule has 1 saturated heterocycles. The molecule has 1 fully saturated rings. The van der Waals surface area contributed by atoms with Gasteiger partial charge in [0.15, 0.2) is 0 Å². The third kappa shape index (κ3) is 8.41. The van der Waals surface area contributed by atoms with Crippen molar-refractivity contribution in [3.8, 4) is 0 Å². The van der Waals surface area contributed by atoms with Crippen LogP contribution in [0.3, 0.4) is 0 Å². The van der Waals surface area contributed by atoms with Gasteiger partial charge in [-0.1, -0.05) is 32.6 Å². The molecule has 1 nitrogen and oxygen atoms in total. The van der Waals surface area contributed by atoms with Crippen LogP contribution in [0.1, 0.15) is 71.1 Å². The molecule has 0 amide bonds. The standard InChI is InChI=1S/C14H29N.ClH/c1-2-3-4-5-6-9-12-15-13-10-7-8-11-14-15;/h2-14H2,1H3;1H. The Hall–Kier alpha value is 0.250. The third-order valence-corrected chi connectivity index (χ3v) is 3.69. The van der Waals surface area contributed by atoms with E-state index in [-0.39, 0.29) is 12.4 Å². The van der Waals surface area contributed by atoms with Crippen molar-refractivity contribution in [2.75, 3.05) is 19.6 Å². The van der Waals surface area contributed by atoms with Gasteiger partial charge in [0.25, 0.3) is 0 Å². The largest absolute Gasteiger partial charge is 1.00 e. The smallest absolute Gasteiger partial charge is 0.0770 e. The molecule has 98 valence electrons. The van der Waals surface area contributed by atoms with Crippen molar-refractivity contribution in [1.29, 1.82) is 0 Å². The molecule has 1 aliphatic heterocycles. The van der Waals surface area contributed by atoms with Gasteiger partial charge in [0.1, 0.15) is 0 Å². The van der Waals surface area contributed by atoms with E-state index in [1.807, 2.05) is 4.90 Å². The van der Waals surface area contributed by atoms with Crippen molar-refractivity contribution in [1.82, 2.24) is 0 Å². The summed E-state index contributed by atoms with van der Waals surface area (Å²) >= 11 is 0. The molecule has 0 saturated carbocycles. The maximum atomic E-state index is 2.29. The van der Waals surface area contributed by atoms with Gasteiger partial charge >= 0.3 is 0 Å². The lowest BCUT2D eigenvalue weighted by atomic mass is 10.1. The number of nitrogens with one attached hydrogen (secondary N) is 1. The van der Waals surface area contributed by atoms with E-state index >= 15 is 0 Å². The Labute approximate surface area is 108 Å². The summed E-state index contributed by atoms with van der Waals surface area (Å²) in [5.74, 6) is 0. The summed E-state index contributed by atoms with van der Waals surface area (Å²) in [5, 5.41) is 0. The minimum absolute atomic E-state index is 0. The molecule has 0 unspecified atom stereocenters. The topological polar surface area (TPSA) is 4.44 Å². The van der Waals surface area contributed by atoms with Crippen molar-refractivity contribution in [2.45, 2.75) is 71.1 Å². The van der Waals surface area contributed by atoms with Crippen LogP contribution >= 0.6 is 0 Å². The van der Waals surface area contributed by atoms with Crippen LogP contribution in [0, 0.1) is 0 Å². The maximum absolute atomic E-state index is 2.29. The summed E-state index contributed by atoms with van der Waals surface area (Å²) in [6, 6.07) is 0. The third-order valence-electron chi connectivity index (χ3n) is 3.69. The number of hydrogen-bond donors (Lipinski definition) is 1. The second kappa shape index (κ2) is 11.7. The van der Waals surface area contributed by atoms with E-state index < -0.39 is 0 Å². The molecule has 1 rings (SSSR count). The molecule has 0 aliphatic carbocycles. The Balaban J connectivity index is 0.00000225. The fourth-order valence-corrected chi connectivity index (χ4v) is 2.63. The quantitative estimate of drug-likeness (QED) is 0.595. The second-order valence-corrected chi connectivity index (χ2v) is 5.18. The Morgan fingerprint density at radius 3 is 1.94 bits per heavy atom. The highest BCUT2D eigenvalue weighted by molar-refractivity contribution is 4.48. The number of rotatable bonds is 7. The van der Waals surface area contributed by atoms with Gasteiger partial charge in [-0.3, -0.25) is 0 Å². The Kier molecular flexibility index (Phi) is 11.9. The van der Waals surface area contributed by atoms with E-state index in [1.165, 1.54) is 83.8 Å². The van der Waals surface area contributed by atoms with Gasteiger partial charge in [-0.25, -0.2) is 0 Å². The average Bonchev–Trinajstić information content (AvgIpc) is 2.52. The summed E-state index contributed by atoms with van der Waals surface area (Å²) in [5.41, 5.74) is 0. The first-order valence-corrected chi connectivity index (χ1v) is 7.27. The van der Waals surface area contributed by atoms with Crippen LogP contribution in [-0.4, -0.2) is 19.6 Å². The lowest BCUT2D eigenvalue weighted by molar-refractivity contribution is -0.899. The zero-order valence-corrected chi connectivity index (χ0v) is 11.8. The molecule has 0 aromatic carbocycles. The van der Waals surface area contributed by atoms with Gasteiger partial charge in [-0.05, 0) is 38.5 Å². The van der Waals surface area contributed by atoms with Gasteiger partial charge in [0.2, 0.25) is 0 Å². The molecule has 1 aliphatic rings. The molecule has 0 aromatic rings. The number of likely N-dealkylation sites (tertiary alicyclic amines) is 1. The average molecular weight is 248 g/mol. The highest BCUT2D eigenvalue weighted by atomic mass is 35.5. The SMILES string of the molecule is CCCCCCCC[NH+]1CCCCCC1.[Cl-]. The van der Waals surface area contributed by atoms with Crippen molar-refractivity contribution < 1.29 is 17.3 Å². The van der Waals surface area contributed by atoms with E-state index in [1.54, 1.807) is 0 Å². The number of unbranched alkanes of at least 4 members (excludes halogenated alkanes) is 5. The van der Waals surface area contributed by atoms with Crippen LogP contribution in [0.2, 0.25) is 0 Å². The van der Waals surface area contributed by atoms with Crippen LogP contribution in [0.5, 0.6) is 0 Å². The number of hydrogen-bond acceptors (Lipinski definition) is 0. The summed E-state index contributed by atoms with van der Waals surface area (Å²) < 4.78 is 0. The summed E-state index contributed by atoms with van der Waals surface area (Å²) in [4.78, 5) is 1.89. The van der Waals surface area contributed by atoms with Gasteiger partial charge in [-0.15, -0.1) is 0 Å². The molecule has 1 heterocycles. The van der Waals surface area contributed by atoms with Crippen molar-refractivity contribution >= 4 is 0 Å². The molecule has 1 N–H and O–H groups in total. The van der Waals surface area contributed by atoms with Gasteiger partial charge < -0.3 is 17.3 Å². The molecule has 0 atom stereocenters. The van der Waals surface area contributed by atoms with Crippen LogP contribution in [-0.2, 0) is 0 Å². The summed E-state index contributed by atoms with van der Waals surface area (Å²) in [6.07, 6.45) is 14.6. The molecule has 0 radical (unpaired) electrons. The van der Waals surface area contributed by atoms with Crippen LogP contribution in [0.15, 0.2) is 0 Å². The first-order chi connectivity index (χ1) is 7.43. The molecular weight excluding hydrogens is 218 g/mol. The maximum Gasteiger partial charge on any atom is 0.0770 e. The Bertz CT molecular complexity index is 131. The minimum atomic E-state index is 0. The fraction of sp³-hybridized carbons (Fsp3) is 1.00. The van der Waals surface area contributed by atoms with E-state index in [0.717, 1.165) is 0 Å². The highest BCUT2D eigenvalue weighted by Crippen LogP contribution is 2.04. The van der Waals surface area contributed by atoms with Crippen molar-refractivity contribution in [3.63, 3.8) is 0 Å². The fourth-order valence-electron chi connectivity index (χ4n) is 2.63. The normalized spacial score (nSPS) is 17.8. The Morgan fingerprint density at radius 2 is 1.31 bits per heavy atom. The minimum Gasteiger partial charge on any atom is -1.00 e. The van der Waals surface area contributed by atoms with Crippen LogP contribution < -0.4 is 17.3 Å². The first-order valence-electron chi connectivity index (χ1n) is 7.27. The van der Waals surface area contributed by atoms with Crippen molar-refractivity contribution in [2.24, 2.45) is 0 Å². The van der Waals surface area contributed by atoms with Gasteiger partial charge in [0.05, 0.1) is 19.6 Å². The van der Waals surface area contributed by atoms with Gasteiger partial charge in [-0.2, -0.15) is 0 Å². The molecule has 0 aromatic heterocycles. The van der Waals surface area contributed by atoms with Crippen LogP contribution in [0.4, 0.5) is 0 Å². The number of halogens is 1. The highest BCUT2D eigenvalue weighted by Gasteiger charge is 2.10. The monoisotopic (exact) mass is 247 g/mol. The molecule has 16 heavy (non-hydrogen) atoms. The molecule has 0 spiro atoms.